The summed E-state index contributed by atoms with van der Waals surface area (Å²) in [7, 11) is -1.85. The van der Waals surface area contributed by atoms with Crippen molar-refractivity contribution in [3.8, 4) is 0 Å². The van der Waals surface area contributed by atoms with E-state index in [0.29, 0.717) is 42.7 Å². The van der Waals surface area contributed by atoms with E-state index in [1.54, 1.807) is 30.1 Å². The molecule has 1 saturated heterocycles. The fourth-order valence-corrected chi connectivity index (χ4v) is 5.22. The van der Waals surface area contributed by atoms with Crippen LogP contribution >= 0.6 is 22.9 Å². The van der Waals surface area contributed by atoms with Gasteiger partial charge in [0.15, 0.2) is 0 Å². The monoisotopic (exact) mass is 414 g/mol. The summed E-state index contributed by atoms with van der Waals surface area (Å²) in [6.45, 7) is 1.93. The van der Waals surface area contributed by atoms with Gasteiger partial charge in [0, 0.05) is 30.6 Å². The number of hydrogen-bond donors (Lipinski definition) is 0. The summed E-state index contributed by atoms with van der Waals surface area (Å²) in [6.07, 6.45) is 0. The number of carbonyl (C=O) groups excluding carboxylic acids is 1. The smallest absolute Gasteiger partial charge is 0.253 e. The van der Waals surface area contributed by atoms with Gasteiger partial charge in [-0.3, -0.25) is 4.79 Å². The van der Waals surface area contributed by atoms with E-state index in [9.17, 15) is 13.2 Å². The number of rotatable bonds is 5. The van der Waals surface area contributed by atoms with Gasteiger partial charge in [0.25, 0.3) is 5.91 Å². The van der Waals surface area contributed by atoms with Gasteiger partial charge in [-0.25, -0.2) is 8.42 Å². The Morgan fingerprint density at radius 3 is 2.42 bits per heavy atom. The quantitative estimate of drug-likeness (QED) is 0.754. The van der Waals surface area contributed by atoms with Crippen LogP contribution in [0.25, 0.3) is 0 Å². The lowest BCUT2D eigenvalue weighted by molar-refractivity contribution is 0.0730. The second-order valence-corrected chi connectivity index (χ2v) is 9.65. The number of amides is 1. The van der Waals surface area contributed by atoms with Crippen molar-refractivity contribution >= 4 is 38.9 Å². The summed E-state index contributed by atoms with van der Waals surface area (Å²) < 4.78 is 32.5. The van der Waals surface area contributed by atoms with Crippen molar-refractivity contribution in [1.82, 2.24) is 9.21 Å². The molecule has 0 N–H and O–H groups in total. The van der Waals surface area contributed by atoms with Crippen molar-refractivity contribution in [2.75, 3.05) is 33.4 Å². The van der Waals surface area contributed by atoms with Crippen molar-refractivity contribution in [3.63, 3.8) is 0 Å². The Labute approximate surface area is 162 Å². The van der Waals surface area contributed by atoms with E-state index in [4.69, 9.17) is 16.3 Å². The van der Waals surface area contributed by atoms with Crippen molar-refractivity contribution in [2.24, 2.45) is 0 Å². The van der Waals surface area contributed by atoms with E-state index >= 15 is 0 Å². The highest BCUT2D eigenvalue weighted by atomic mass is 35.5. The van der Waals surface area contributed by atoms with Crippen LogP contribution in [-0.4, -0.2) is 56.9 Å². The standard InChI is InChI=1S/C17H19ClN2O4S2/c1-19(12-14-4-7-16(18)25-14)17(21)13-2-5-15(6-3-13)26(22,23)20-8-10-24-11-9-20/h2-7H,8-12H2,1H3. The van der Waals surface area contributed by atoms with Crippen LogP contribution in [0.2, 0.25) is 4.34 Å². The zero-order valence-electron chi connectivity index (χ0n) is 14.2. The first-order chi connectivity index (χ1) is 12.4. The van der Waals surface area contributed by atoms with E-state index in [1.807, 2.05) is 6.07 Å². The maximum Gasteiger partial charge on any atom is 0.253 e. The third-order valence-corrected chi connectivity index (χ3v) is 7.21. The average molecular weight is 415 g/mol. The molecule has 26 heavy (non-hydrogen) atoms. The molecule has 1 fully saturated rings. The Morgan fingerprint density at radius 2 is 1.85 bits per heavy atom. The molecule has 0 bridgehead atoms. The van der Waals surface area contributed by atoms with Crippen molar-refractivity contribution in [1.29, 1.82) is 0 Å². The van der Waals surface area contributed by atoms with Gasteiger partial charge in [-0.2, -0.15) is 4.31 Å². The lowest BCUT2D eigenvalue weighted by Crippen LogP contribution is -2.40. The molecule has 140 valence electrons. The van der Waals surface area contributed by atoms with E-state index in [1.165, 1.54) is 27.8 Å². The number of hydrogen-bond acceptors (Lipinski definition) is 5. The molecular formula is C17H19ClN2O4S2. The third kappa shape index (κ3) is 4.27. The van der Waals surface area contributed by atoms with Crippen LogP contribution < -0.4 is 0 Å². The van der Waals surface area contributed by atoms with Crippen molar-refractivity contribution in [2.45, 2.75) is 11.4 Å². The molecule has 6 nitrogen and oxygen atoms in total. The molecule has 0 spiro atoms. The third-order valence-electron chi connectivity index (χ3n) is 4.08. The number of halogens is 1. The van der Waals surface area contributed by atoms with Crippen LogP contribution in [0, 0.1) is 0 Å². The van der Waals surface area contributed by atoms with E-state index in [2.05, 4.69) is 0 Å². The minimum absolute atomic E-state index is 0.176. The van der Waals surface area contributed by atoms with Crippen LogP contribution in [0.3, 0.4) is 0 Å². The topological polar surface area (TPSA) is 66.9 Å². The maximum atomic E-state index is 12.6. The average Bonchev–Trinajstić information content (AvgIpc) is 3.06. The number of sulfonamides is 1. The zero-order valence-corrected chi connectivity index (χ0v) is 16.6. The van der Waals surface area contributed by atoms with E-state index in [-0.39, 0.29) is 10.8 Å². The SMILES string of the molecule is CN(Cc1ccc(Cl)s1)C(=O)c1ccc(S(=O)(=O)N2CCOCC2)cc1. The van der Waals surface area contributed by atoms with Crippen LogP contribution in [0.5, 0.6) is 0 Å². The highest BCUT2D eigenvalue weighted by Gasteiger charge is 2.26. The molecule has 2 heterocycles. The fraction of sp³-hybridized carbons (Fsp3) is 0.353. The Bertz CT molecular complexity index is 874. The highest BCUT2D eigenvalue weighted by Crippen LogP contribution is 2.23. The molecule has 2 aromatic rings. The van der Waals surface area contributed by atoms with Gasteiger partial charge in [0.05, 0.1) is 29.0 Å². The molecule has 1 aliphatic rings. The van der Waals surface area contributed by atoms with Crippen LogP contribution in [0.4, 0.5) is 0 Å². The molecule has 1 amide bonds. The van der Waals surface area contributed by atoms with Gasteiger partial charge in [-0.05, 0) is 36.4 Å². The van der Waals surface area contributed by atoms with Gasteiger partial charge in [0.2, 0.25) is 10.0 Å². The largest absolute Gasteiger partial charge is 0.379 e. The maximum absolute atomic E-state index is 12.6. The van der Waals surface area contributed by atoms with Crippen molar-refractivity contribution < 1.29 is 17.9 Å². The lowest BCUT2D eigenvalue weighted by atomic mass is 10.2. The molecule has 1 aromatic heterocycles. The molecular weight excluding hydrogens is 396 g/mol. The first kappa shape index (κ1) is 19.3. The molecule has 0 aliphatic carbocycles. The van der Waals surface area contributed by atoms with Crippen LogP contribution in [-0.2, 0) is 21.3 Å². The lowest BCUT2D eigenvalue weighted by Gasteiger charge is -2.26. The zero-order chi connectivity index (χ0) is 18.7. The normalized spacial score (nSPS) is 15.8. The summed E-state index contributed by atoms with van der Waals surface area (Å²) >= 11 is 7.34. The van der Waals surface area contributed by atoms with Gasteiger partial charge in [-0.15, -0.1) is 11.3 Å². The van der Waals surface area contributed by atoms with Gasteiger partial charge >= 0.3 is 0 Å². The Kier molecular flexibility index (Phi) is 5.99. The predicted octanol–water partition coefficient (Wildman–Crippen LogP) is 2.69. The Balaban J connectivity index is 1.71. The fourth-order valence-electron chi connectivity index (χ4n) is 2.67. The summed E-state index contributed by atoms with van der Waals surface area (Å²) in [5, 5.41) is 0. The number of morpholine rings is 1. The molecule has 3 rings (SSSR count). The van der Waals surface area contributed by atoms with E-state index < -0.39 is 10.0 Å². The van der Waals surface area contributed by atoms with Crippen LogP contribution in [0.15, 0.2) is 41.3 Å². The summed E-state index contributed by atoms with van der Waals surface area (Å²) in [6, 6.07) is 9.74. The van der Waals surface area contributed by atoms with Gasteiger partial charge < -0.3 is 9.64 Å². The Morgan fingerprint density at radius 1 is 1.19 bits per heavy atom. The number of carbonyl (C=O) groups is 1. The Hall–Kier alpha value is -1.45. The second-order valence-electron chi connectivity index (χ2n) is 5.91. The first-order valence-electron chi connectivity index (χ1n) is 8.05. The number of benzene rings is 1. The highest BCUT2D eigenvalue weighted by molar-refractivity contribution is 7.89. The second kappa shape index (κ2) is 8.06. The molecule has 0 unspecified atom stereocenters. The molecule has 0 atom stereocenters. The van der Waals surface area contributed by atoms with Gasteiger partial charge in [0.1, 0.15) is 0 Å². The first-order valence-corrected chi connectivity index (χ1v) is 10.7. The van der Waals surface area contributed by atoms with Gasteiger partial charge in [-0.1, -0.05) is 11.6 Å². The molecule has 0 saturated carbocycles. The van der Waals surface area contributed by atoms with E-state index in [0.717, 1.165) is 4.88 Å². The summed E-state index contributed by atoms with van der Waals surface area (Å²) in [4.78, 5) is 15.3. The minimum atomic E-state index is -3.56. The molecule has 0 radical (unpaired) electrons. The molecule has 1 aromatic carbocycles. The number of ether oxygens (including phenoxy) is 1. The minimum Gasteiger partial charge on any atom is -0.379 e. The summed E-state index contributed by atoms with van der Waals surface area (Å²) in [5.41, 5.74) is 0.441. The number of thiophene rings is 1. The predicted molar refractivity (Wildman–Crippen MR) is 101 cm³/mol. The molecule has 9 heteroatoms. The van der Waals surface area contributed by atoms with Crippen LogP contribution in [0.1, 0.15) is 15.2 Å². The van der Waals surface area contributed by atoms with Crippen molar-refractivity contribution in [3.05, 3.63) is 51.2 Å². The molecule has 1 aliphatic heterocycles. The number of nitrogens with zero attached hydrogens (tertiary/aromatic N) is 2. The summed E-state index contributed by atoms with van der Waals surface area (Å²) in [5.74, 6) is -0.176.